The molecule has 79 heavy (non-hydrogen) atoms. The highest BCUT2D eigenvalue weighted by Crippen LogP contribution is 2.19. The summed E-state index contributed by atoms with van der Waals surface area (Å²) in [5.74, 6) is -0.0163. The number of aliphatic hydroxyl groups excluding tert-OH is 2. The number of hydrogen-bond acceptors (Lipinski definition) is 5. The quantitative estimate of drug-likeness (QED) is 0.0320. The summed E-state index contributed by atoms with van der Waals surface area (Å²) in [5.41, 5.74) is 0. The standard InChI is InChI=1S/C73H143NO5/c1-3-5-7-9-11-13-15-17-19-21-29-33-37-41-45-49-53-57-61-65-71(76)70(69-75)74-72(77)66-62-58-54-50-46-42-38-34-31-27-25-23-24-26-28-32-36-40-44-48-52-56-60-64-68-79-73(78)67-63-59-55-51-47-43-39-35-30-22-20-18-16-14-12-10-8-6-4-2/h25,27,70-71,75-76H,3-24,26,28-69H2,1-2H3,(H,74,77)/b27-25-. The number of allylic oxidation sites excluding steroid dienone is 2. The first-order valence-corrected chi connectivity index (χ1v) is 36.4. The molecule has 0 aliphatic carbocycles. The van der Waals surface area contributed by atoms with Crippen LogP contribution in [0.2, 0.25) is 0 Å². The van der Waals surface area contributed by atoms with E-state index < -0.39 is 12.1 Å². The zero-order valence-electron chi connectivity index (χ0n) is 53.9. The maximum absolute atomic E-state index is 12.5. The monoisotopic (exact) mass is 1110 g/mol. The third-order valence-corrected chi connectivity index (χ3v) is 17.3. The Hall–Kier alpha value is -1.40. The lowest BCUT2D eigenvalue weighted by molar-refractivity contribution is -0.143. The van der Waals surface area contributed by atoms with E-state index in [1.54, 1.807) is 0 Å². The molecule has 0 aromatic rings. The normalized spacial score (nSPS) is 12.5. The molecule has 0 spiro atoms. The van der Waals surface area contributed by atoms with Crippen molar-refractivity contribution < 1.29 is 24.5 Å². The average molecular weight is 1110 g/mol. The number of unbranched alkanes of at least 4 members (excludes halogenated alkanes) is 56. The molecule has 0 saturated heterocycles. The SMILES string of the molecule is CCCCCCCCCCCCCCCCCCCCCC(=O)OCCCCCCCCCCCCCC/C=C\CCCCCCCCCCC(=O)NC(CO)C(O)CCCCCCCCCCCCCCCCCCCCC. The molecule has 2 unspecified atom stereocenters. The van der Waals surface area contributed by atoms with Crippen LogP contribution in [0, 0.1) is 0 Å². The highest BCUT2D eigenvalue weighted by Gasteiger charge is 2.20. The van der Waals surface area contributed by atoms with E-state index in [0.29, 0.717) is 25.9 Å². The average Bonchev–Trinajstić information content (AvgIpc) is 3.45. The number of ether oxygens (including phenoxy) is 1. The van der Waals surface area contributed by atoms with Gasteiger partial charge in [0, 0.05) is 12.8 Å². The number of nitrogens with one attached hydrogen (secondary N) is 1. The van der Waals surface area contributed by atoms with Gasteiger partial charge in [-0.15, -0.1) is 0 Å². The number of carbonyl (C=O) groups excluding carboxylic acids is 2. The number of hydrogen-bond donors (Lipinski definition) is 3. The van der Waals surface area contributed by atoms with Crippen molar-refractivity contribution >= 4 is 11.9 Å². The summed E-state index contributed by atoms with van der Waals surface area (Å²) in [4.78, 5) is 24.7. The second kappa shape index (κ2) is 69.1. The van der Waals surface area contributed by atoms with Gasteiger partial charge in [-0.05, 0) is 51.4 Å². The maximum atomic E-state index is 12.5. The topological polar surface area (TPSA) is 95.9 Å². The van der Waals surface area contributed by atoms with E-state index in [1.165, 1.54) is 347 Å². The smallest absolute Gasteiger partial charge is 0.305 e. The number of rotatable bonds is 69. The number of esters is 1. The van der Waals surface area contributed by atoms with Crippen molar-refractivity contribution in [2.24, 2.45) is 0 Å². The van der Waals surface area contributed by atoms with E-state index in [1.807, 2.05) is 0 Å². The van der Waals surface area contributed by atoms with Gasteiger partial charge in [-0.25, -0.2) is 0 Å². The van der Waals surface area contributed by atoms with Crippen LogP contribution in [0.4, 0.5) is 0 Å². The second-order valence-corrected chi connectivity index (χ2v) is 25.3. The van der Waals surface area contributed by atoms with Gasteiger partial charge in [0.1, 0.15) is 0 Å². The molecule has 0 radical (unpaired) electrons. The van der Waals surface area contributed by atoms with Gasteiger partial charge in [0.2, 0.25) is 5.91 Å². The summed E-state index contributed by atoms with van der Waals surface area (Å²) in [5, 5.41) is 23.4. The predicted octanol–water partition coefficient (Wildman–Crippen LogP) is 23.5. The van der Waals surface area contributed by atoms with Crippen molar-refractivity contribution in [2.45, 2.75) is 431 Å². The van der Waals surface area contributed by atoms with Crippen molar-refractivity contribution in [3.63, 3.8) is 0 Å². The van der Waals surface area contributed by atoms with Crippen LogP contribution in [0.3, 0.4) is 0 Å². The van der Waals surface area contributed by atoms with Gasteiger partial charge in [0.25, 0.3) is 0 Å². The summed E-state index contributed by atoms with van der Waals surface area (Å²) in [6.07, 6.45) is 85.5. The fourth-order valence-corrected chi connectivity index (χ4v) is 11.8. The first-order valence-electron chi connectivity index (χ1n) is 36.4. The van der Waals surface area contributed by atoms with Gasteiger partial charge in [0.15, 0.2) is 0 Å². The van der Waals surface area contributed by atoms with E-state index in [0.717, 1.165) is 38.5 Å². The highest BCUT2D eigenvalue weighted by molar-refractivity contribution is 5.76. The predicted molar refractivity (Wildman–Crippen MR) is 347 cm³/mol. The Bertz CT molecular complexity index is 1190. The van der Waals surface area contributed by atoms with Crippen LogP contribution in [0.1, 0.15) is 418 Å². The molecule has 0 aromatic carbocycles. The lowest BCUT2D eigenvalue weighted by Gasteiger charge is -2.22. The van der Waals surface area contributed by atoms with Crippen molar-refractivity contribution in [3.05, 3.63) is 12.2 Å². The van der Waals surface area contributed by atoms with Crippen LogP contribution < -0.4 is 5.32 Å². The lowest BCUT2D eigenvalue weighted by Crippen LogP contribution is -2.45. The van der Waals surface area contributed by atoms with Gasteiger partial charge in [-0.2, -0.15) is 0 Å². The molecule has 6 heteroatoms. The first-order chi connectivity index (χ1) is 39.0. The van der Waals surface area contributed by atoms with E-state index in [9.17, 15) is 19.8 Å². The van der Waals surface area contributed by atoms with E-state index in [4.69, 9.17) is 4.74 Å². The van der Waals surface area contributed by atoms with E-state index >= 15 is 0 Å². The molecule has 0 bridgehead atoms. The molecule has 0 aliphatic rings. The Morgan fingerprint density at radius 3 is 0.899 bits per heavy atom. The van der Waals surface area contributed by atoms with E-state index in [-0.39, 0.29) is 18.5 Å². The number of carbonyl (C=O) groups is 2. The lowest BCUT2D eigenvalue weighted by atomic mass is 10.0. The minimum absolute atomic E-state index is 0.0186. The summed E-state index contributed by atoms with van der Waals surface area (Å²) in [6, 6.07) is -0.545. The Morgan fingerprint density at radius 1 is 0.342 bits per heavy atom. The minimum atomic E-state index is -0.667. The molecule has 6 nitrogen and oxygen atoms in total. The van der Waals surface area contributed by atoms with Crippen molar-refractivity contribution in [1.82, 2.24) is 5.32 Å². The first kappa shape index (κ1) is 77.6. The van der Waals surface area contributed by atoms with Gasteiger partial charge in [-0.3, -0.25) is 9.59 Å². The van der Waals surface area contributed by atoms with Crippen LogP contribution in [-0.2, 0) is 14.3 Å². The second-order valence-electron chi connectivity index (χ2n) is 25.3. The van der Waals surface area contributed by atoms with Crippen molar-refractivity contribution in [3.8, 4) is 0 Å². The maximum Gasteiger partial charge on any atom is 0.305 e. The summed E-state index contributed by atoms with van der Waals surface area (Å²) < 4.78 is 5.51. The molecule has 0 saturated carbocycles. The highest BCUT2D eigenvalue weighted by atomic mass is 16.5. The van der Waals surface area contributed by atoms with Crippen LogP contribution in [-0.4, -0.2) is 47.4 Å². The third-order valence-electron chi connectivity index (χ3n) is 17.3. The molecule has 0 aliphatic heterocycles. The van der Waals surface area contributed by atoms with Crippen LogP contribution in [0.25, 0.3) is 0 Å². The van der Waals surface area contributed by atoms with Crippen LogP contribution in [0.15, 0.2) is 12.2 Å². The molecule has 3 N–H and O–H groups in total. The molecule has 1 amide bonds. The summed E-state index contributed by atoms with van der Waals surface area (Å²) in [7, 11) is 0. The third kappa shape index (κ3) is 65.6. The molecular formula is C73H143NO5. The molecule has 470 valence electrons. The summed E-state index contributed by atoms with van der Waals surface area (Å²) in [6.45, 7) is 5.00. The van der Waals surface area contributed by atoms with E-state index in [2.05, 4.69) is 31.3 Å². The number of aliphatic hydroxyl groups is 2. The minimum Gasteiger partial charge on any atom is -0.466 e. The molecule has 2 atom stereocenters. The zero-order chi connectivity index (χ0) is 57.1. The number of amides is 1. The fraction of sp³-hybridized carbons (Fsp3) is 0.945. The largest absolute Gasteiger partial charge is 0.466 e. The van der Waals surface area contributed by atoms with Crippen LogP contribution >= 0.6 is 0 Å². The van der Waals surface area contributed by atoms with Gasteiger partial charge in [0.05, 0.1) is 25.4 Å². The Labute approximate surface area is 495 Å². The molecule has 0 aromatic heterocycles. The Balaban J connectivity index is 3.37. The van der Waals surface area contributed by atoms with Crippen LogP contribution in [0.5, 0.6) is 0 Å². The van der Waals surface area contributed by atoms with Gasteiger partial charge in [-0.1, -0.05) is 366 Å². The molecule has 0 rings (SSSR count). The van der Waals surface area contributed by atoms with Gasteiger partial charge < -0.3 is 20.3 Å². The fourth-order valence-electron chi connectivity index (χ4n) is 11.8. The Morgan fingerprint density at radius 2 is 0.595 bits per heavy atom. The van der Waals surface area contributed by atoms with Crippen molar-refractivity contribution in [2.75, 3.05) is 13.2 Å². The zero-order valence-corrected chi connectivity index (χ0v) is 53.9. The Kier molecular flexibility index (Phi) is 67.9. The van der Waals surface area contributed by atoms with Crippen molar-refractivity contribution in [1.29, 1.82) is 0 Å². The summed E-state index contributed by atoms with van der Waals surface area (Å²) >= 11 is 0. The molecule has 0 fully saturated rings. The van der Waals surface area contributed by atoms with Gasteiger partial charge >= 0.3 is 5.97 Å². The molecular weight excluding hydrogens is 971 g/mol. The molecule has 0 heterocycles.